The van der Waals surface area contributed by atoms with Crippen molar-refractivity contribution >= 4 is 17.9 Å². The van der Waals surface area contributed by atoms with Crippen molar-refractivity contribution in [2.45, 2.75) is 291 Å². The lowest BCUT2D eigenvalue weighted by atomic mass is 9.99. The maximum absolute atomic E-state index is 12.8. The molecule has 6 nitrogen and oxygen atoms in total. The number of hydrogen-bond acceptors (Lipinski definition) is 6. The quantitative estimate of drug-likeness (QED) is 0.0346. The van der Waals surface area contributed by atoms with Crippen LogP contribution in [0.4, 0.5) is 0 Å². The van der Waals surface area contributed by atoms with E-state index in [1.807, 2.05) is 0 Å². The van der Waals surface area contributed by atoms with Crippen molar-refractivity contribution in [3.05, 3.63) is 0 Å². The summed E-state index contributed by atoms with van der Waals surface area (Å²) in [4.78, 5) is 37.9. The summed E-state index contributed by atoms with van der Waals surface area (Å²) >= 11 is 0. The van der Waals surface area contributed by atoms with E-state index in [2.05, 4.69) is 34.6 Å². The lowest BCUT2D eigenvalue weighted by Crippen LogP contribution is -2.30. The summed E-state index contributed by atoms with van der Waals surface area (Å²) in [7, 11) is 0. The highest BCUT2D eigenvalue weighted by Gasteiger charge is 2.19. The first-order valence-corrected chi connectivity index (χ1v) is 25.8. The number of carbonyl (C=O) groups is 3. The standard InChI is InChI=1S/C52H100O6/c1-6-8-9-10-11-12-13-14-15-16-17-18-19-20-29-34-39-44-52(55)58-49(45-56-50(53)42-37-32-27-23-21-25-30-35-40-47(3)4)46-57-51(54)43-38-33-28-24-22-26-31-36-41-48(5)7-2/h47-49H,6-46H2,1-5H3/t48?,49-/m1/s1. The number of ether oxygens (including phenoxy) is 3. The normalized spacial score (nSPS) is 12.5. The minimum absolute atomic E-state index is 0.0648. The molecule has 6 heteroatoms. The van der Waals surface area contributed by atoms with Gasteiger partial charge in [-0.2, -0.15) is 0 Å². The Kier molecular flexibility index (Phi) is 43.7. The van der Waals surface area contributed by atoms with Gasteiger partial charge in [0.25, 0.3) is 0 Å². The summed E-state index contributed by atoms with van der Waals surface area (Å²) in [5, 5.41) is 0. The second-order valence-corrected chi connectivity index (χ2v) is 18.5. The molecule has 0 aliphatic rings. The van der Waals surface area contributed by atoms with Crippen molar-refractivity contribution < 1.29 is 28.6 Å². The van der Waals surface area contributed by atoms with E-state index in [1.165, 1.54) is 173 Å². The lowest BCUT2D eigenvalue weighted by molar-refractivity contribution is -0.167. The number of rotatable bonds is 46. The molecule has 58 heavy (non-hydrogen) atoms. The van der Waals surface area contributed by atoms with Crippen LogP contribution in [-0.2, 0) is 28.6 Å². The lowest BCUT2D eigenvalue weighted by Gasteiger charge is -2.18. The first kappa shape index (κ1) is 56.4. The molecule has 0 bridgehead atoms. The van der Waals surface area contributed by atoms with Crippen molar-refractivity contribution in [1.82, 2.24) is 0 Å². The third-order valence-electron chi connectivity index (χ3n) is 12.1. The molecule has 0 rings (SSSR count). The van der Waals surface area contributed by atoms with Gasteiger partial charge in [-0.15, -0.1) is 0 Å². The molecule has 0 aromatic heterocycles. The second-order valence-electron chi connectivity index (χ2n) is 18.5. The van der Waals surface area contributed by atoms with Gasteiger partial charge in [0.05, 0.1) is 0 Å². The maximum Gasteiger partial charge on any atom is 0.306 e. The zero-order valence-corrected chi connectivity index (χ0v) is 39.7. The largest absolute Gasteiger partial charge is 0.462 e. The van der Waals surface area contributed by atoms with Crippen LogP contribution in [0.3, 0.4) is 0 Å². The topological polar surface area (TPSA) is 78.9 Å². The number of carbonyl (C=O) groups excluding carboxylic acids is 3. The Hall–Kier alpha value is -1.59. The van der Waals surface area contributed by atoms with Gasteiger partial charge < -0.3 is 14.2 Å². The Morgan fingerprint density at radius 2 is 0.655 bits per heavy atom. The average molecular weight is 821 g/mol. The van der Waals surface area contributed by atoms with Gasteiger partial charge >= 0.3 is 17.9 Å². The van der Waals surface area contributed by atoms with Gasteiger partial charge in [0.15, 0.2) is 6.10 Å². The van der Waals surface area contributed by atoms with E-state index >= 15 is 0 Å². The van der Waals surface area contributed by atoms with Gasteiger partial charge in [-0.1, -0.05) is 247 Å². The molecule has 0 aromatic carbocycles. The number of hydrogen-bond donors (Lipinski definition) is 0. The first-order valence-electron chi connectivity index (χ1n) is 25.8. The van der Waals surface area contributed by atoms with E-state index in [0.29, 0.717) is 19.3 Å². The van der Waals surface area contributed by atoms with Crippen LogP contribution < -0.4 is 0 Å². The van der Waals surface area contributed by atoms with Crippen molar-refractivity contribution in [3.8, 4) is 0 Å². The van der Waals surface area contributed by atoms with E-state index in [9.17, 15) is 14.4 Å². The van der Waals surface area contributed by atoms with Gasteiger partial charge in [-0.05, 0) is 31.1 Å². The Bertz CT molecular complexity index is 887. The SMILES string of the molecule is CCCCCCCCCCCCCCCCCCCC(=O)O[C@H](COC(=O)CCCCCCCCCCC(C)C)COC(=O)CCCCCCCCCCC(C)CC. The summed E-state index contributed by atoms with van der Waals surface area (Å²) in [6.45, 7) is 11.3. The molecule has 0 aliphatic heterocycles. The molecular formula is C52H100O6. The molecule has 0 spiro atoms. The van der Waals surface area contributed by atoms with Crippen LogP contribution in [0.25, 0.3) is 0 Å². The number of unbranched alkanes of at least 4 members (excludes halogenated alkanes) is 30. The van der Waals surface area contributed by atoms with E-state index < -0.39 is 6.10 Å². The molecule has 0 amide bonds. The van der Waals surface area contributed by atoms with E-state index in [0.717, 1.165) is 69.6 Å². The first-order chi connectivity index (χ1) is 28.3. The highest BCUT2D eigenvalue weighted by atomic mass is 16.6. The Morgan fingerprint density at radius 1 is 0.362 bits per heavy atom. The van der Waals surface area contributed by atoms with Crippen LogP contribution in [0, 0.1) is 11.8 Å². The molecule has 2 atom stereocenters. The Balaban J connectivity index is 4.30. The molecule has 0 N–H and O–H groups in total. The molecular weight excluding hydrogens is 721 g/mol. The van der Waals surface area contributed by atoms with Crippen molar-refractivity contribution in [2.75, 3.05) is 13.2 Å². The summed E-state index contributed by atoms with van der Waals surface area (Å²) in [5.41, 5.74) is 0. The van der Waals surface area contributed by atoms with E-state index in [4.69, 9.17) is 14.2 Å². The van der Waals surface area contributed by atoms with Crippen molar-refractivity contribution in [2.24, 2.45) is 11.8 Å². The van der Waals surface area contributed by atoms with Gasteiger partial charge in [-0.25, -0.2) is 0 Å². The van der Waals surface area contributed by atoms with Crippen molar-refractivity contribution in [1.29, 1.82) is 0 Å². The van der Waals surface area contributed by atoms with Crippen LogP contribution in [0.15, 0.2) is 0 Å². The highest BCUT2D eigenvalue weighted by Crippen LogP contribution is 2.18. The Morgan fingerprint density at radius 3 is 0.983 bits per heavy atom. The zero-order chi connectivity index (χ0) is 42.6. The molecule has 0 fully saturated rings. The highest BCUT2D eigenvalue weighted by molar-refractivity contribution is 5.71. The van der Waals surface area contributed by atoms with Gasteiger partial charge in [0.1, 0.15) is 13.2 Å². The zero-order valence-electron chi connectivity index (χ0n) is 39.7. The van der Waals surface area contributed by atoms with Crippen molar-refractivity contribution in [3.63, 3.8) is 0 Å². The molecule has 0 aliphatic carbocycles. The third kappa shape index (κ3) is 44.0. The minimum Gasteiger partial charge on any atom is -0.462 e. The smallest absolute Gasteiger partial charge is 0.306 e. The van der Waals surface area contributed by atoms with E-state index in [-0.39, 0.29) is 31.1 Å². The summed E-state index contributed by atoms with van der Waals surface area (Å²) in [6, 6.07) is 0. The van der Waals surface area contributed by atoms with Gasteiger partial charge in [-0.3, -0.25) is 14.4 Å². The van der Waals surface area contributed by atoms with Crippen LogP contribution in [0.1, 0.15) is 285 Å². The summed E-state index contributed by atoms with van der Waals surface area (Å²) in [5.74, 6) is 0.792. The fourth-order valence-electron chi connectivity index (χ4n) is 7.78. The molecule has 344 valence electrons. The average Bonchev–Trinajstić information content (AvgIpc) is 3.21. The summed E-state index contributed by atoms with van der Waals surface area (Å²) < 4.78 is 16.8. The predicted molar refractivity (Wildman–Crippen MR) is 247 cm³/mol. The minimum atomic E-state index is -0.762. The maximum atomic E-state index is 12.8. The molecule has 0 saturated heterocycles. The van der Waals surface area contributed by atoms with Gasteiger partial charge in [0, 0.05) is 19.3 Å². The molecule has 0 saturated carbocycles. The summed E-state index contributed by atoms with van der Waals surface area (Å²) in [6.07, 6.45) is 45.2. The monoisotopic (exact) mass is 821 g/mol. The predicted octanol–water partition coefficient (Wildman–Crippen LogP) is 16.5. The van der Waals surface area contributed by atoms with Gasteiger partial charge in [0.2, 0.25) is 0 Å². The van der Waals surface area contributed by atoms with Crippen LogP contribution in [0.5, 0.6) is 0 Å². The molecule has 0 radical (unpaired) electrons. The fraction of sp³-hybridized carbons (Fsp3) is 0.942. The van der Waals surface area contributed by atoms with Crippen LogP contribution >= 0.6 is 0 Å². The third-order valence-corrected chi connectivity index (χ3v) is 12.1. The number of esters is 3. The molecule has 0 heterocycles. The Labute approximate surface area is 361 Å². The fourth-order valence-corrected chi connectivity index (χ4v) is 7.78. The molecule has 1 unspecified atom stereocenters. The molecule has 0 aromatic rings. The van der Waals surface area contributed by atoms with Crippen LogP contribution in [-0.4, -0.2) is 37.2 Å². The van der Waals surface area contributed by atoms with Crippen LogP contribution in [0.2, 0.25) is 0 Å². The van der Waals surface area contributed by atoms with E-state index in [1.54, 1.807) is 0 Å². The second kappa shape index (κ2) is 44.9.